The Kier molecular flexibility index (Phi) is 2.50. The van der Waals surface area contributed by atoms with Gasteiger partial charge in [0.2, 0.25) is 0 Å². The molecule has 0 aliphatic rings. The minimum absolute atomic E-state index is 0. The molecule has 0 amide bonds. The summed E-state index contributed by atoms with van der Waals surface area (Å²) < 4.78 is 0. The predicted octanol–water partition coefficient (Wildman–Crippen LogP) is -0.711. The van der Waals surface area contributed by atoms with Gasteiger partial charge in [0.15, 0.2) is 0 Å². The van der Waals surface area contributed by atoms with Gasteiger partial charge in [-0.15, -0.1) is 0 Å². The van der Waals surface area contributed by atoms with Gasteiger partial charge in [0.05, 0.1) is 0 Å². The van der Waals surface area contributed by atoms with Crippen LogP contribution in [0.1, 0.15) is 0 Å². The first-order chi connectivity index (χ1) is 3.39. The Morgan fingerprint density at radius 1 is 1.62 bits per heavy atom. The van der Waals surface area contributed by atoms with Gasteiger partial charge in [-0.05, 0) is 6.07 Å². The fraction of sp³-hybridized carbons (Fsp3) is 0. The summed E-state index contributed by atoms with van der Waals surface area (Å²) in [4.78, 5) is 15.8. The highest BCUT2D eigenvalue weighted by atomic mass is 16.1. The molecule has 1 aromatic rings. The van der Waals surface area contributed by atoms with Crippen molar-refractivity contribution >= 4 is 0 Å². The molecule has 0 saturated carbocycles. The number of rotatable bonds is 0. The maximum Gasteiger partial charge on any atom is 0.344 e. The lowest BCUT2D eigenvalue weighted by atomic mass is 10.7. The van der Waals surface area contributed by atoms with Crippen molar-refractivity contribution in [2.75, 3.05) is 0 Å². The largest absolute Gasteiger partial charge is 0.344 e. The first-order valence-corrected chi connectivity index (χ1v) is 1.89. The van der Waals surface area contributed by atoms with E-state index in [2.05, 4.69) is 9.97 Å². The van der Waals surface area contributed by atoms with Gasteiger partial charge in [0, 0.05) is 18.5 Å². The molecule has 0 saturated heterocycles. The molecule has 1 rings (SSSR count). The predicted molar refractivity (Wildman–Crippen MR) is 27.0 cm³/mol. The summed E-state index contributed by atoms with van der Waals surface area (Å²) in [6.45, 7) is 0. The maximum atomic E-state index is 10.1. The highest BCUT2D eigenvalue weighted by molar-refractivity contribution is 4.75. The smallest absolute Gasteiger partial charge is 0.313 e. The lowest BCUT2D eigenvalue weighted by Gasteiger charge is -1.72. The average Bonchev–Trinajstić information content (AvgIpc) is 1.69. The lowest BCUT2D eigenvalue weighted by Crippen LogP contribution is -2.05. The minimum Gasteiger partial charge on any atom is -0.313 e. The van der Waals surface area contributed by atoms with E-state index < -0.39 is 0 Å². The highest BCUT2D eigenvalue weighted by Gasteiger charge is 1.70. The molecule has 0 unspecified atom stereocenters. The Bertz CT molecular complexity index is 177. The van der Waals surface area contributed by atoms with Gasteiger partial charge in [0.1, 0.15) is 0 Å². The van der Waals surface area contributed by atoms with Crippen LogP contribution in [0.5, 0.6) is 0 Å². The first-order valence-electron chi connectivity index (χ1n) is 1.89. The van der Waals surface area contributed by atoms with Gasteiger partial charge in [-0.3, -0.25) is 0 Å². The molecular formula is C4H4N3O. The van der Waals surface area contributed by atoms with Crippen LogP contribution in [0.25, 0.3) is 0 Å². The van der Waals surface area contributed by atoms with Crippen molar-refractivity contribution in [2.24, 2.45) is 0 Å². The van der Waals surface area contributed by atoms with Crippen LogP contribution in [-0.2, 0) is 0 Å². The van der Waals surface area contributed by atoms with Crippen LogP contribution in [-0.4, -0.2) is 9.97 Å². The van der Waals surface area contributed by atoms with E-state index in [9.17, 15) is 4.79 Å². The Morgan fingerprint density at radius 2 is 2.38 bits per heavy atom. The van der Waals surface area contributed by atoms with Crippen LogP contribution in [0, 0.1) is 0 Å². The third kappa shape index (κ3) is 1.53. The van der Waals surface area contributed by atoms with Gasteiger partial charge in [0.25, 0.3) is 0 Å². The van der Waals surface area contributed by atoms with E-state index in [4.69, 9.17) is 0 Å². The Labute approximate surface area is 46.2 Å². The summed E-state index contributed by atoms with van der Waals surface area (Å²) in [6.07, 6.45) is 2.98. The second-order valence-corrected chi connectivity index (χ2v) is 1.09. The second-order valence-electron chi connectivity index (χ2n) is 1.09. The second kappa shape index (κ2) is 2.92. The lowest BCUT2D eigenvalue weighted by molar-refractivity contribution is 1.08. The summed E-state index contributed by atoms with van der Waals surface area (Å²) in [5, 5.41) is 0. The molecule has 3 radical (unpaired) electrons. The highest BCUT2D eigenvalue weighted by Crippen LogP contribution is 1.60. The van der Waals surface area contributed by atoms with Gasteiger partial charge >= 0.3 is 5.69 Å². The Balaban J connectivity index is 0.000000490. The monoisotopic (exact) mass is 110 g/mol. The van der Waals surface area contributed by atoms with Crippen molar-refractivity contribution < 1.29 is 0 Å². The molecule has 0 atom stereocenters. The molecule has 0 aromatic carbocycles. The average molecular weight is 110 g/mol. The van der Waals surface area contributed by atoms with Crippen molar-refractivity contribution in [3.05, 3.63) is 28.9 Å². The fourth-order valence-electron chi connectivity index (χ4n) is 0.310. The number of aromatic nitrogens is 2. The molecule has 8 heavy (non-hydrogen) atoms. The summed E-state index contributed by atoms with van der Waals surface area (Å²) in [5.41, 5.74) is -0.303. The molecule has 1 heterocycles. The van der Waals surface area contributed by atoms with E-state index in [0.717, 1.165) is 0 Å². The van der Waals surface area contributed by atoms with E-state index in [1.54, 1.807) is 6.07 Å². The molecule has 0 aliphatic carbocycles. The van der Waals surface area contributed by atoms with Crippen LogP contribution < -0.4 is 11.8 Å². The maximum absolute atomic E-state index is 10.1. The molecule has 1 N–H and O–H groups in total. The zero-order chi connectivity index (χ0) is 5.11. The van der Waals surface area contributed by atoms with E-state index in [1.807, 2.05) is 0 Å². The van der Waals surface area contributed by atoms with Gasteiger partial charge < -0.3 is 4.98 Å². The molecule has 41 valence electrons. The molecule has 1 aromatic heterocycles. The number of hydrogen-bond donors (Lipinski definition) is 1. The third-order valence-electron chi connectivity index (χ3n) is 0.581. The summed E-state index contributed by atoms with van der Waals surface area (Å²) >= 11 is 0. The van der Waals surface area contributed by atoms with Gasteiger partial charge in [-0.1, -0.05) is 0 Å². The van der Waals surface area contributed by atoms with E-state index >= 15 is 0 Å². The topological polar surface area (TPSA) is 76.2 Å². The molecule has 0 aliphatic heterocycles. The Hall–Kier alpha value is -1.16. The molecule has 0 bridgehead atoms. The SMILES string of the molecule is O=c1nccc[nH]1.[N]. The molecule has 0 spiro atoms. The summed E-state index contributed by atoms with van der Waals surface area (Å²) in [6, 6.07) is 1.65. The van der Waals surface area contributed by atoms with Crippen LogP contribution in [0.15, 0.2) is 23.3 Å². The number of nitrogens with zero attached hydrogens (tertiary/aromatic N) is 2. The van der Waals surface area contributed by atoms with Crippen molar-refractivity contribution in [1.82, 2.24) is 16.1 Å². The summed E-state index contributed by atoms with van der Waals surface area (Å²) in [5.74, 6) is 0. The van der Waals surface area contributed by atoms with Crippen molar-refractivity contribution in [3.8, 4) is 0 Å². The normalized spacial score (nSPS) is 7.50. The number of H-pyrrole nitrogens is 1. The summed E-state index contributed by atoms with van der Waals surface area (Å²) in [7, 11) is 0. The third-order valence-corrected chi connectivity index (χ3v) is 0.581. The molecule has 4 nitrogen and oxygen atoms in total. The van der Waals surface area contributed by atoms with E-state index in [0.29, 0.717) is 0 Å². The van der Waals surface area contributed by atoms with Crippen LogP contribution >= 0.6 is 0 Å². The number of aromatic amines is 1. The van der Waals surface area contributed by atoms with Crippen molar-refractivity contribution in [3.63, 3.8) is 0 Å². The molecule has 4 heteroatoms. The zero-order valence-electron chi connectivity index (χ0n) is 4.03. The Morgan fingerprint density at radius 3 is 2.62 bits per heavy atom. The first kappa shape index (κ1) is 6.84. The molecular weight excluding hydrogens is 106 g/mol. The minimum atomic E-state index is -0.303. The van der Waals surface area contributed by atoms with E-state index in [1.165, 1.54) is 12.4 Å². The standard InChI is InChI=1S/C4H4N2O.N/c7-4-5-2-1-3-6-4;/h1-3H,(H,5,6,7);. The fourth-order valence-corrected chi connectivity index (χ4v) is 0.310. The molecule has 0 fully saturated rings. The zero-order valence-corrected chi connectivity index (χ0v) is 4.03. The van der Waals surface area contributed by atoms with E-state index in [-0.39, 0.29) is 11.8 Å². The number of hydrogen-bond acceptors (Lipinski definition) is 2. The van der Waals surface area contributed by atoms with Gasteiger partial charge in [-0.2, -0.15) is 0 Å². The van der Waals surface area contributed by atoms with Crippen molar-refractivity contribution in [2.45, 2.75) is 0 Å². The van der Waals surface area contributed by atoms with Crippen LogP contribution in [0.2, 0.25) is 0 Å². The quantitative estimate of drug-likeness (QED) is 0.479. The number of nitrogens with one attached hydrogen (secondary N) is 1. The van der Waals surface area contributed by atoms with Crippen LogP contribution in [0.4, 0.5) is 0 Å². The van der Waals surface area contributed by atoms with Gasteiger partial charge in [-0.25, -0.2) is 9.78 Å². The van der Waals surface area contributed by atoms with Crippen molar-refractivity contribution in [1.29, 1.82) is 0 Å². The van der Waals surface area contributed by atoms with Crippen LogP contribution in [0.3, 0.4) is 0 Å².